The van der Waals surface area contributed by atoms with E-state index in [4.69, 9.17) is 4.12 Å². The SMILES string of the molecule is CCCCCc1ccccc1[Si]O[Si]. The van der Waals surface area contributed by atoms with Crippen LogP contribution in [0.4, 0.5) is 0 Å². The molecule has 0 aromatic heterocycles. The van der Waals surface area contributed by atoms with Crippen LogP contribution in [-0.2, 0) is 10.5 Å². The molecule has 0 atom stereocenters. The van der Waals surface area contributed by atoms with Gasteiger partial charge in [0.2, 0.25) is 10.5 Å². The molecule has 0 fully saturated rings. The number of rotatable bonds is 6. The van der Waals surface area contributed by atoms with Crippen molar-refractivity contribution in [3.8, 4) is 0 Å². The highest BCUT2D eigenvalue weighted by molar-refractivity contribution is 6.51. The number of unbranched alkanes of at least 4 members (excludes halogenated alkanes) is 2. The minimum absolute atomic E-state index is 0.411. The van der Waals surface area contributed by atoms with Gasteiger partial charge in [0.15, 0.2) is 0 Å². The fourth-order valence-electron chi connectivity index (χ4n) is 1.46. The maximum atomic E-state index is 5.01. The molecule has 0 saturated carbocycles. The molecule has 0 aliphatic carbocycles. The van der Waals surface area contributed by atoms with E-state index < -0.39 is 0 Å². The van der Waals surface area contributed by atoms with Crippen molar-refractivity contribution < 1.29 is 4.12 Å². The molecule has 0 unspecified atom stereocenters. The standard InChI is InChI=1S/C11H15OSi2/c1-2-3-4-7-10-8-5-6-9-11(10)14-12-13/h5-6,8-9H,2-4,7H2,1H3. The molecule has 5 radical (unpaired) electrons. The van der Waals surface area contributed by atoms with Crippen LogP contribution in [0.5, 0.6) is 0 Å². The van der Waals surface area contributed by atoms with Gasteiger partial charge < -0.3 is 4.12 Å². The van der Waals surface area contributed by atoms with Crippen LogP contribution in [0.15, 0.2) is 24.3 Å². The molecule has 0 heterocycles. The third-order valence-electron chi connectivity index (χ3n) is 2.23. The molecule has 1 rings (SSSR count). The highest BCUT2D eigenvalue weighted by atomic mass is 28.3. The van der Waals surface area contributed by atoms with Crippen molar-refractivity contribution in [1.29, 1.82) is 0 Å². The summed E-state index contributed by atoms with van der Waals surface area (Å²) in [6.45, 7) is 2.23. The Labute approximate surface area is 92.4 Å². The molecule has 0 saturated heterocycles. The van der Waals surface area contributed by atoms with Gasteiger partial charge >= 0.3 is 0 Å². The van der Waals surface area contributed by atoms with Gasteiger partial charge in [-0.2, -0.15) is 0 Å². The lowest BCUT2D eigenvalue weighted by Gasteiger charge is -2.06. The lowest BCUT2D eigenvalue weighted by molar-refractivity contribution is 0.674. The Balaban J connectivity index is 2.55. The van der Waals surface area contributed by atoms with Crippen molar-refractivity contribution in [2.75, 3.05) is 0 Å². The van der Waals surface area contributed by atoms with Crippen LogP contribution >= 0.6 is 0 Å². The number of aryl methyl sites for hydroxylation is 1. The van der Waals surface area contributed by atoms with Gasteiger partial charge in [-0.25, -0.2) is 0 Å². The lowest BCUT2D eigenvalue weighted by atomic mass is 10.1. The molecule has 0 aliphatic rings. The van der Waals surface area contributed by atoms with Gasteiger partial charge in [-0.05, 0) is 23.6 Å². The van der Waals surface area contributed by atoms with Crippen LogP contribution in [0.2, 0.25) is 0 Å². The summed E-state index contributed by atoms with van der Waals surface area (Å²) >= 11 is 0. The lowest BCUT2D eigenvalue weighted by Crippen LogP contribution is -2.21. The summed E-state index contributed by atoms with van der Waals surface area (Å²) in [5.74, 6) is 0. The topological polar surface area (TPSA) is 9.23 Å². The van der Waals surface area contributed by atoms with E-state index in [2.05, 4.69) is 41.7 Å². The first-order chi connectivity index (χ1) is 6.88. The summed E-state index contributed by atoms with van der Waals surface area (Å²) in [5, 5.41) is 1.32. The molecular weight excluding hydrogens is 204 g/mol. The minimum atomic E-state index is 0.411. The normalized spacial score (nSPS) is 10.4. The fourth-order valence-corrected chi connectivity index (χ4v) is 2.40. The van der Waals surface area contributed by atoms with E-state index in [0.717, 1.165) is 0 Å². The summed E-state index contributed by atoms with van der Waals surface area (Å²) in [5.41, 5.74) is 1.43. The zero-order valence-electron chi connectivity index (χ0n) is 8.55. The van der Waals surface area contributed by atoms with Crippen molar-refractivity contribution in [2.45, 2.75) is 32.6 Å². The Morgan fingerprint density at radius 2 is 2.07 bits per heavy atom. The van der Waals surface area contributed by atoms with E-state index in [1.165, 1.54) is 36.4 Å². The Morgan fingerprint density at radius 3 is 2.79 bits per heavy atom. The molecular formula is C11H15OSi2. The third-order valence-corrected chi connectivity index (χ3v) is 3.34. The van der Waals surface area contributed by atoms with Gasteiger partial charge in [0.1, 0.15) is 0 Å². The van der Waals surface area contributed by atoms with Crippen molar-refractivity contribution >= 4 is 25.4 Å². The van der Waals surface area contributed by atoms with Gasteiger partial charge in [0.25, 0.3) is 9.76 Å². The second kappa shape index (κ2) is 6.98. The quantitative estimate of drug-likeness (QED) is 0.523. The van der Waals surface area contributed by atoms with E-state index in [1.54, 1.807) is 0 Å². The Bertz CT molecular complexity index is 263. The zero-order chi connectivity index (χ0) is 10.2. The maximum absolute atomic E-state index is 5.01. The molecule has 1 aromatic rings. The molecule has 14 heavy (non-hydrogen) atoms. The van der Waals surface area contributed by atoms with Crippen molar-refractivity contribution in [2.24, 2.45) is 0 Å². The molecule has 0 bridgehead atoms. The van der Waals surface area contributed by atoms with E-state index >= 15 is 0 Å². The molecule has 0 amide bonds. The monoisotopic (exact) mass is 219 g/mol. The molecule has 3 heteroatoms. The van der Waals surface area contributed by atoms with Crippen LogP contribution < -0.4 is 5.19 Å². The Kier molecular flexibility index (Phi) is 5.83. The second-order valence-electron chi connectivity index (χ2n) is 3.32. The molecule has 0 aliphatic heterocycles. The van der Waals surface area contributed by atoms with Crippen LogP contribution in [0, 0.1) is 0 Å². The van der Waals surface area contributed by atoms with Crippen LogP contribution in [0.25, 0.3) is 0 Å². The van der Waals surface area contributed by atoms with E-state index in [1.807, 2.05) is 0 Å². The van der Waals surface area contributed by atoms with Crippen LogP contribution in [0.3, 0.4) is 0 Å². The van der Waals surface area contributed by atoms with E-state index in [0.29, 0.717) is 9.76 Å². The van der Waals surface area contributed by atoms with Crippen LogP contribution in [-0.4, -0.2) is 20.2 Å². The summed E-state index contributed by atoms with van der Waals surface area (Å²) in [4.78, 5) is 0. The predicted octanol–water partition coefficient (Wildman–Crippen LogP) is 1.76. The number of hydrogen-bond donors (Lipinski definition) is 0. The smallest absolute Gasteiger partial charge is 0.256 e. The zero-order valence-corrected chi connectivity index (χ0v) is 10.5. The fraction of sp³-hybridized carbons (Fsp3) is 0.455. The van der Waals surface area contributed by atoms with E-state index in [9.17, 15) is 0 Å². The first-order valence-corrected chi connectivity index (χ1v) is 6.36. The Morgan fingerprint density at radius 1 is 1.29 bits per heavy atom. The summed E-state index contributed by atoms with van der Waals surface area (Å²) in [6.07, 6.45) is 5.04. The average Bonchev–Trinajstić information content (AvgIpc) is 2.21. The second-order valence-corrected chi connectivity index (χ2v) is 4.88. The Hall–Kier alpha value is -0.386. The maximum Gasteiger partial charge on any atom is 0.256 e. The van der Waals surface area contributed by atoms with Crippen LogP contribution in [0.1, 0.15) is 31.7 Å². The van der Waals surface area contributed by atoms with Gasteiger partial charge in [0.05, 0.1) is 0 Å². The molecule has 73 valence electrons. The summed E-state index contributed by atoms with van der Waals surface area (Å²) in [6, 6.07) is 8.50. The summed E-state index contributed by atoms with van der Waals surface area (Å²) < 4.78 is 5.01. The van der Waals surface area contributed by atoms with Gasteiger partial charge in [-0.15, -0.1) is 0 Å². The highest BCUT2D eigenvalue weighted by Gasteiger charge is 2.01. The average molecular weight is 219 g/mol. The van der Waals surface area contributed by atoms with E-state index in [-0.39, 0.29) is 0 Å². The van der Waals surface area contributed by atoms with Crippen molar-refractivity contribution in [1.82, 2.24) is 0 Å². The third kappa shape index (κ3) is 3.78. The largest absolute Gasteiger partial charge is 0.454 e. The van der Waals surface area contributed by atoms with Crippen molar-refractivity contribution in [3.05, 3.63) is 29.8 Å². The van der Waals surface area contributed by atoms with Gasteiger partial charge in [-0.3, -0.25) is 0 Å². The first-order valence-electron chi connectivity index (χ1n) is 5.05. The van der Waals surface area contributed by atoms with Crippen molar-refractivity contribution in [3.63, 3.8) is 0 Å². The van der Waals surface area contributed by atoms with Gasteiger partial charge in [0, 0.05) is 0 Å². The number of benzene rings is 1. The summed E-state index contributed by atoms with van der Waals surface area (Å²) in [7, 11) is 3.47. The molecule has 1 nitrogen and oxygen atoms in total. The van der Waals surface area contributed by atoms with Gasteiger partial charge in [-0.1, -0.05) is 44.0 Å². The number of hydrogen-bond acceptors (Lipinski definition) is 1. The molecule has 0 N–H and O–H groups in total. The highest BCUT2D eigenvalue weighted by Crippen LogP contribution is 2.04. The molecule has 1 aromatic carbocycles. The minimum Gasteiger partial charge on any atom is -0.454 e. The first kappa shape index (κ1) is 11.7. The molecule has 0 spiro atoms. The predicted molar refractivity (Wildman–Crippen MR) is 61.9 cm³/mol.